The van der Waals surface area contributed by atoms with E-state index in [2.05, 4.69) is 0 Å². The van der Waals surface area contributed by atoms with Gasteiger partial charge in [0, 0.05) is 0 Å². The van der Waals surface area contributed by atoms with Crippen molar-refractivity contribution in [1.29, 1.82) is 0 Å². The van der Waals surface area contributed by atoms with Crippen molar-refractivity contribution < 1.29 is 18.3 Å². The van der Waals surface area contributed by atoms with Gasteiger partial charge in [-0.05, 0) is 30.3 Å². The summed E-state index contributed by atoms with van der Waals surface area (Å²) in [6, 6.07) is 14.6. The highest BCUT2D eigenvalue weighted by Gasteiger charge is 2.14. The van der Waals surface area contributed by atoms with Crippen molar-refractivity contribution in [2.24, 2.45) is 0 Å². The van der Waals surface area contributed by atoms with Gasteiger partial charge < -0.3 is 9.84 Å². The topological polar surface area (TPSA) is 63.6 Å². The van der Waals surface area contributed by atoms with E-state index in [9.17, 15) is 13.5 Å². The number of rotatable bonds is 5. The van der Waals surface area contributed by atoms with E-state index in [1.807, 2.05) is 18.2 Å². The van der Waals surface area contributed by atoms with Crippen LogP contribution in [0, 0.1) is 0 Å². The number of aromatic hydroxyl groups is 1. The minimum absolute atomic E-state index is 0.0648. The van der Waals surface area contributed by atoms with Gasteiger partial charge >= 0.3 is 0 Å². The Hall–Kier alpha value is -2.01. The molecule has 0 atom stereocenters. The van der Waals surface area contributed by atoms with Crippen LogP contribution >= 0.6 is 0 Å². The highest BCUT2D eigenvalue weighted by atomic mass is 32.2. The second kappa shape index (κ2) is 5.75. The molecule has 0 unspecified atom stereocenters. The van der Waals surface area contributed by atoms with Gasteiger partial charge in [0.1, 0.15) is 18.1 Å². The molecule has 100 valence electrons. The predicted octanol–water partition coefficient (Wildman–Crippen LogP) is 2.24. The van der Waals surface area contributed by atoms with Crippen LogP contribution in [-0.2, 0) is 9.84 Å². The summed E-state index contributed by atoms with van der Waals surface area (Å²) < 4.78 is 29.3. The molecule has 0 amide bonds. The van der Waals surface area contributed by atoms with Crippen LogP contribution in [0.3, 0.4) is 0 Å². The van der Waals surface area contributed by atoms with Crippen molar-refractivity contribution in [3.05, 3.63) is 54.6 Å². The van der Waals surface area contributed by atoms with E-state index in [0.717, 1.165) is 0 Å². The van der Waals surface area contributed by atoms with Gasteiger partial charge in [-0.1, -0.05) is 24.3 Å². The fourth-order valence-corrected chi connectivity index (χ4v) is 2.71. The molecule has 0 aliphatic carbocycles. The lowest BCUT2D eigenvalue weighted by Crippen LogP contribution is -2.14. The van der Waals surface area contributed by atoms with E-state index in [1.54, 1.807) is 12.1 Å². The third-order valence-electron chi connectivity index (χ3n) is 2.54. The van der Waals surface area contributed by atoms with Crippen LogP contribution in [0.4, 0.5) is 0 Å². The van der Waals surface area contributed by atoms with Crippen LogP contribution in [0.15, 0.2) is 59.5 Å². The van der Waals surface area contributed by atoms with Gasteiger partial charge in [0.15, 0.2) is 9.84 Å². The first-order chi connectivity index (χ1) is 9.08. The van der Waals surface area contributed by atoms with E-state index < -0.39 is 9.84 Å². The minimum atomic E-state index is -3.44. The van der Waals surface area contributed by atoms with Crippen LogP contribution in [0.25, 0.3) is 0 Å². The van der Waals surface area contributed by atoms with Gasteiger partial charge in [0.2, 0.25) is 0 Å². The number of sulfone groups is 1. The van der Waals surface area contributed by atoms with E-state index in [1.165, 1.54) is 24.3 Å². The average Bonchev–Trinajstić information content (AvgIpc) is 2.40. The first kappa shape index (κ1) is 13.4. The van der Waals surface area contributed by atoms with Gasteiger partial charge in [-0.3, -0.25) is 0 Å². The molecule has 0 fully saturated rings. The molecule has 0 bridgehead atoms. The molecule has 2 aromatic rings. The Balaban J connectivity index is 1.99. The standard InChI is InChI=1S/C14H14O4S/c15-12-5-4-8-14(11-12)19(16,17)10-9-18-13-6-2-1-3-7-13/h1-8,11,15H,9-10H2. The molecule has 19 heavy (non-hydrogen) atoms. The molecule has 1 N–H and O–H groups in total. The summed E-state index contributed by atoms with van der Waals surface area (Å²) >= 11 is 0. The quantitative estimate of drug-likeness (QED) is 0.911. The van der Waals surface area contributed by atoms with Gasteiger partial charge in [-0.15, -0.1) is 0 Å². The summed E-state index contributed by atoms with van der Waals surface area (Å²) in [6.07, 6.45) is 0. The third-order valence-corrected chi connectivity index (χ3v) is 4.22. The lowest BCUT2D eigenvalue weighted by Gasteiger charge is -2.07. The second-order valence-corrected chi connectivity index (χ2v) is 6.09. The SMILES string of the molecule is O=S(=O)(CCOc1ccccc1)c1cccc(O)c1. The zero-order valence-electron chi connectivity index (χ0n) is 10.2. The number of hydrogen-bond donors (Lipinski definition) is 1. The molecule has 0 saturated heterocycles. The lowest BCUT2D eigenvalue weighted by atomic mass is 10.3. The van der Waals surface area contributed by atoms with Gasteiger partial charge in [0.25, 0.3) is 0 Å². The number of phenols is 1. The molecular formula is C14H14O4S. The first-order valence-electron chi connectivity index (χ1n) is 5.77. The lowest BCUT2D eigenvalue weighted by molar-refractivity contribution is 0.341. The fourth-order valence-electron chi connectivity index (χ4n) is 1.58. The number of hydrogen-bond acceptors (Lipinski definition) is 4. The van der Waals surface area contributed by atoms with Gasteiger partial charge in [-0.25, -0.2) is 8.42 Å². The highest BCUT2D eigenvalue weighted by molar-refractivity contribution is 7.91. The van der Waals surface area contributed by atoms with E-state index in [0.29, 0.717) is 5.75 Å². The Kier molecular flexibility index (Phi) is 4.06. The molecule has 2 rings (SSSR count). The summed E-state index contributed by atoms with van der Waals surface area (Å²) in [7, 11) is -3.44. The zero-order chi connectivity index (χ0) is 13.7. The monoisotopic (exact) mass is 278 g/mol. The number of para-hydroxylation sites is 1. The largest absolute Gasteiger partial charge is 0.508 e. The van der Waals surface area contributed by atoms with E-state index in [-0.39, 0.29) is 23.0 Å². The van der Waals surface area contributed by atoms with Gasteiger partial charge in [-0.2, -0.15) is 0 Å². The maximum atomic E-state index is 12.0. The molecule has 4 nitrogen and oxygen atoms in total. The molecule has 2 aromatic carbocycles. The van der Waals surface area contributed by atoms with Crippen molar-refractivity contribution in [3.63, 3.8) is 0 Å². The smallest absolute Gasteiger partial charge is 0.181 e. The first-order valence-corrected chi connectivity index (χ1v) is 7.43. The molecule has 0 spiro atoms. The van der Waals surface area contributed by atoms with Crippen LogP contribution in [0.5, 0.6) is 11.5 Å². The number of benzene rings is 2. The Morgan fingerprint density at radius 1 is 1.00 bits per heavy atom. The zero-order valence-corrected chi connectivity index (χ0v) is 11.0. The van der Waals surface area contributed by atoms with Crippen molar-refractivity contribution >= 4 is 9.84 Å². The number of ether oxygens (including phenoxy) is 1. The van der Waals surface area contributed by atoms with Crippen LogP contribution < -0.4 is 4.74 Å². The van der Waals surface area contributed by atoms with Crippen LogP contribution in [-0.4, -0.2) is 25.9 Å². The molecule has 0 aliphatic rings. The molecule has 0 saturated carbocycles. The van der Waals surface area contributed by atoms with E-state index in [4.69, 9.17) is 4.74 Å². The van der Waals surface area contributed by atoms with Gasteiger partial charge in [0.05, 0.1) is 10.6 Å². The molecular weight excluding hydrogens is 264 g/mol. The Morgan fingerprint density at radius 3 is 2.42 bits per heavy atom. The normalized spacial score (nSPS) is 11.2. The highest BCUT2D eigenvalue weighted by Crippen LogP contribution is 2.17. The summed E-state index contributed by atoms with van der Waals surface area (Å²) in [6.45, 7) is 0.0714. The summed E-state index contributed by atoms with van der Waals surface area (Å²) in [5, 5.41) is 9.28. The maximum absolute atomic E-state index is 12.0. The maximum Gasteiger partial charge on any atom is 0.181 e. The predicted molar refractivity (Wildman–Crippen MR) is 72.1 cm³/mol. The molecule has 0 heterocycles. The molecule has 0 aromatic heterocycles. The van der Waals surface area contributed by atoms with Crippen LogP contribution in [0.1, 0.15) is 0 Å². The molecule has 0 aliphatic heterocycles. The number of phenolic OH excluding ortho intramolecular Hbond substituents is 1. The van der Waals surface area contributed by atoms with Crippen molar-refractivity contribution in [2.45, 2.75) is 4.90 Å². The average molecular weight is 278 g/mol. The van der Waals surface area contributed by atoms with Crippen LogP contribution in [0.2, 0.25) is 0 Å². The summed E-state index contributed by atoms with van der Waals surface area (Å²) in [5.41, 5.74) is 0. The van der Waals surface area contributed by atoms with Crippen molar-refractivity contribution in [2.75, 3.05) is 12.4 Å². The van der Waals surface area contributed by atoms with Crippen molar-refractivity contribution in [3.8, 4) is 11.5 Å². The second-order valence-electron chi connectivity index (χ2n) is 3.98. The van der Waals surface area contributed by atoms with Crippen molar-refractivity contribution in [1.82, 2.24) is 0 Å². The Bertz CT molecular complexity index is 636. The summed E-state index contributed by atoms with van der Waals surface area (Å²) in [5.74, 6) is 0.435. The molecule has 0 radical (unpaired) electrons. The minimum Gasteiger partial charge on any atom is -0.508 e. The van der Waals surface area contributed by atoms with E-state index >= 15 is 0 Å². The Morgan fingerprint density at radius 2 is 1.74 bits per heavy atom. The molecule has 5 heteroatoms. The third kappa shape index (κ3) is 3.72. The summed E-state index contributed by atoms with van der Waals surface area (Å²) in [4.78, 5) is 0.101. The fraction of sp³-hybridized carbons (Fsp3) is 0.143. The Labute approximate surface area is 112 Å².